The molecule has 1 amide bonds. The Labute approximate surface area is 289 Å². The number of carboxylic acid groups (broad SMARTS) is 1. The Kier molecular flexibility index (Phi) is 25.3. The summed E-state index contributed by atoms with van der Waals surface area (Å²) in [5.74, 6) is -2.31. The van der Waals surface area contributed by atoms with E-state index < -0.39 is 41.8 Å². The number of hydrogen-bond acceptors (Lipinski definition) is 10. The van der Waals surface area contributed by atoms with Crippen molar-refractivity contribution in [2.24, 2.45) is 5.41 Å². The first kappa shape index (κ1) is 46.3. The number of benzene rings is 1. The van der Waals surface area contributed by atoms with Crippen molar-refractivity contribution >= 4 is 35.5 Å². The molecule has 272 valence electrons. The Morgan fingerprint density at radius 3 is 2.23 bits per heavy atom. The monoisotopic (exact) mass is 699 g/mol. The van der Waals surface area contributed by atoms with Crippen LogP contribution < -0.4 is 10.7 Å². The first-order valence-electron chi connectivity index (χ1n) is 15.7. The lowest BCUT2D eigenvalue weighted by atomic mass is 9.93. The van der Waals surface area contributed by atoms with E-state index in [0.29, 0.717) is 29.5 Å². The smallest absolute Gasteiger partial charge is 0.442 e. The van der Waals surface area contributed by atoms with Crippen molar-refractivity contribution in [3.05, 3.63) is 69.7 Å². The minimum absolute atomic E-state index is 0.0388. The highest BCUT2D eigenvalue weighted by Crippen LogP contribution is 2.26. The molecule has 13 nitrogen and oxygen atoms in total. The average Bonchev–Trinajstić information content (AvgIpc) is 3.38. The Hall–Kier alpha value is -3.78. The molecule has 1 aromatic heterocycles. The van der Waals surface area contributed by atoms with Gasteiger partial charge in [-0.2, -0.15) is 0 Å². The van der Waals surface area contributed by atoms with Crippen molar-refractivity contribution < 1.29 is 43.3 Å². The summed E-state index contributed by atoms with van der Waals surface area (Å²) in [5, 5.41) is 23.1. The van der Waals surface area contributed by atoms with Gasteiger partial charge < -0.3 is 34.1 Å². The number of aliphatic carboxylic acids is 1. The fourth-order valence-electron chi connectivity index (χ4n) is 3.99. The number of amides is 1. The van der Waals surface area contributed by atoms with Crippen molar-refractivity contribution in [3.63, 3.8) is 0 Å². The molecule has 2 aromatic rings. The summed E-state index contributed by atoms with van der Waals surface area (Å²) in [6.45, 7) is 15.0. The summed E-state index contributed by atoms with van der Waals surface area (Å²) in [6, 6.07) is 6.75. The molecule has 0 saturated heterocycles. The van der Waals surface area contributed by atoms with E-state index in [4.69, 9.17) is 35.1 Å². The van der Waals surface area contributed by atoms with Crippen LogP contribution in [0.3, 0.4) is 0 Å². The zero-order chi connectivity index (χ0) is 37.3. The number of aldehydes is 1. The van der Waals surface area contributed by atoms with Crippen molar-refractivity contribution in [1.29, 1.82) is 0 Å². The molecular formula is C34H54ClN3O10. The molecule has 0 fully saturated rings. The second kappa shape index (κ2) is 26.2. The normalized spacial score (nSPS) is 12.3. The van der Waals surface area contributed by atoms with E-state index in [1.54, 1.807) is 61.4 Å². The molecule has 1 unspecified atom stereocenters. The third-order valence-electron chi connectivity index (χ3n) is 5.87. The van der Waals surface area contributed by atoms with E-state index in [0.717, 1.165) is 10.9 Å². The maximum Gasteiger partial charge on any atom is 0.442 e. The van der Waals surface area contributed by atoms with Crippen LogP contribution in [0.4, 0.5) is 5.69 Å². The lowest BCUT2D eigenvalue weighted by Gasteiger charge is -2.34. The van der Waals surface area contributed by atoms with E-state index in [1.165, 1.54) is 14.0 Å². The van der Waals surface area contributed by atoms with Crippen LogP contribution >= 0.6 is 11.6 Å². The number of carboxylic acids is 1. The second-order valence-corrected chi connectivity index (χ2v) is 10.7. The van der Waals surface area contributed by atoms with Crippen molar-refractivity contribution in [3.8, 4) is 0 Å². The first-order valence-corrected chi connectivity index (χ1v) is 16.1. The number of hydrogen-bond donors (Lipinski definition) is 2. The molecule has 0 spiro atoms. The summed E-state index contributed by atoms with van der Waals surface area (Å²) in [6.07, 6.45) is 4.10. The number of nitrogens with zero attached hydrogens (tertiary/aromatic N) is 3. The molecule has 2 atom stereocenters. The quantitative estimate of drug-likeness (QED) is 0.0948. The zero-order valence-electron chi connectivity index (χ0n) is 29.9. The van der Waals surface area contributed by atoms with E-state index in [2.05, 4.69) is 5.16 Å². The topological polar surface area (TPSA) is 171 Å². The first-order chi connectivity index (χ1) is 22.8. The van der Waals surface area contributed by atoms with E-state index in [-0.39, 0.29) is 25.4 Å². The Morgan fingerprint density at radius 1 is 1.15 bits per heavy atom. The number of rotatable bonds is 17. The number of aliphatic hydroxyl groups is 1. The summed E-state index contributed by atoms with van der Waals surface area (Å²) < 4.78 is 22.0. The summed E-state index contributed by atoms with van der Waals surface area (Å²) in [4.78, 5) is 47.8. The number of carbonyl (C=O) groups is 3. The maximum absolute atomic E-state index is 14.1. The number of methoxy groups -OCH3 is 2. The van der Waals surface area contributed by atoms with Gasteiger partial charge in [0, 0.05) is 36.2 Å². The molecule has 0 aliphatic rings. The maximum atomic E-state index is 14.1. The molecule has 0 radical (unpaired) electrons. The van der Waals surface area contributed by atoms with Crippen LogP contribution in [0.2, 0.25) is 5.02 Å². The lowest BCUT2D eigenvalue weighted by molar-refractivity contribution is -0.137. The molecule has 0 saturated carbocycles. The Balaban J connectivity index is 0. The van der Waals surface area contributed by atoms with Gasteiger partial charge in [0.05, 0.1) is 20.3 Å². The van der Waals surface area contributed by atoms with Crippen molar-refractivity contribution in [1.82, 2.24) is 9.72 Å². The molecule has 2 N–H and O–H groups in total. The Bertz CT molecular complexity index is 1300. The number of aliphatic hydroxyl groups excluding tert-OH is 1. The van der Waals surface area contributed by atoms with Gasteiger partial charge in [0.25, 0.3) is 5.91 Å². The van der Waals surface area contributed by atoms with Gasteiger partial charge in [0.1, 0.15) is 30.8 Å². The number of anilines is 1. The van der Waals surface area contributed by atoms with Crippen LogP contribution in [-0.2, 0) is 41.6 Å². The van der Waals surface area contributed by atoms with Crippen LogP contribution in [0.15, 0.2) is 57.6 Å². The Morgan fingerprint density at radius 2 is 1.73 bits per heavy atom. The van der Waals surface area contributed by atoms with Crippen LogP contribution in [0.1, 0.15) is 67.6 Å². The van der Waals surface area contributed by atoms with E-state index in [1.807, 2.05) is 41.5 Å². The van der Waals surface area contributed by atoms with E-state index in [9.17, 15) is 24.6 Å². The van der Waals surface area contributed by atoms with Gasteiger partial charge in [-0.15, -0.1) is 0 Å². The average molecular weight is 700 g/mol. The lowest BCUT2D eigenvalue weighted by Crippen LogP contribution is -2.47. The zero-order valence-corrected chi connectivity index (χ0v) is 30.7. The standard InChI is InChI=1S/C28H38ClN3O9.C2H4O.2C2H6/c1-19(33)22(39-5)9-7-6-8-14-40-23(15-24-30-41-27(37)31(24)16-25(34)35)26(36)32(17-28(2,3)18-38-4)21-12-10-20(29)11-13-21;1-2-3;2*1-2/h6-7,9-13,19,23,33H,8,14-18H2,1-5H3,(H,34,35);2H,1H3;2*1-2H3/b7-6-,22-9+;;;/t19?,23-;;;/m1.../s1. The van der Waals surface area contributed by atoms with Gasteiger partial charge in [-0.25, -0.2) is 9.36 Å². The molecule has 48 heavy (non-hydrogen) atoms. The molecule has 14 heteroatoms. The number of carbonyl (C=O) groups excluding carboxylic acids is 2. The SMILES string of the molecule is CC.CC.CC=O.COCC(C)(C)CN(C(=O)[C@@H](Cc1noc(=O)n1CC(=O)O)OCC/C=C\C=C(\OC)C(C)O)c1ccc(Cl)cc1. The molecule has 0 bridgehead atoms. The predicted molar refractivity (Wildman–Crippen MR) is 186 cm³/mol. The van der Waals surface area contributed by atoms with Gasteiger partial charge in [-0.1, -0.05) is 70.5 Å². The molecule has 1 aromatic carbocycles. The number of aromatic nitrogens is 2. The van der Waals surface area contributed by atoms with Gasteiger partial charge in [0.15, 0.2) is 5.82 Å². The molecule has 0 aliphatic heterocycles. The van der Waals surface area contributed by atoms with Crippen molar-refractivity contribution in [2.45, 2.75) is 87.0 Å². The number of ether oxygens (including phenoxy) is 3. The van der Waals surface area contributed by atoms with E-state index >= 15 is 0 Å². The van der Waals surface area contributed by atoms with Crippen LogP contribution in [0, 0.1) is 5.41 Å². The summed E-state index contributed by atoms with van der Waals surface area (Å²) in [5.41, 5.74) is 0.113. The highest BCUT2D eigenvalue weighted by atomic mass is 35.5. The number of halogens is 1. The van der Waals surface area contributed by atoms with Gasteiger partial charge in [0.2, 0.25) is 0 Å². The highest BCUT2D eigenvalue weighted by Gasteiger charge is 2.33. The third kappa shape index (κ3) is 17.9. The minimum Gasteiger partial charge on any atom is -0.498 e. The largest absolute Gasteiger partial charge is 0.498 e. The van der Waals surface area contributed by atoms with Gasteiger partial charge in [-0.05, 0) is 50.6 Å². The van der Waals surface area contributed by atoms with Gasteiger partial charge in [-0.3, -0.25) is 14.1 Å². The predicted octanol–water partition coefficient (Wildman–Crippen LogP) is 5.32. The molecule has 0 aliphatic carbocycles. The van der Waals surface area contributed by atoms with Gasteiger partial charge >= 0.3 is 11.7 Å². The minimum atomic E-state index is -1.27. The fraction of sp³-hybridized carbons (Fsp3) is 0.559. The summed E-state index contributed by atoms with van der Waals surface area (Å²) in [7, 11) is 3.04. The number of allylic oxidation sites excluding steroid dienone is 2. The van der Waals surface area contributed by atoms with Crippen molar-refractivity contribution in [2.75, 3.05) is 38.9 Å². The molecule has 2 rings (SSSR count). The molecule has 1 heterocycles. The highest BCUT2D eigenvalue weighted by molar-refractivity contribution is 6.30. The fourth-order valence-corrected chi connectivity index (χ4v) is 4.11. The van der Waals surface area contributed by atoms with Crippen LogP contribution in [0.5, 0.6) is 0 Å². The third-order valence-corrected chi connectivity index (χ3v) is 6.12. The van der Waals surface area contributed by atoms with Crippen LogP contribution in [0.25, 0.3) is 0 Å². The van der Waals surface area contributed by atoms with Crippen LogP contribution in [-0.4, -0.2) is 84.3 Å². The molecular weight excluding hydrogens is 646 g/mol. The second-order valence-electron chi connectivity index (χ2n) is 10.3. The summed E-state index contributed by atoms with van der Waals surface area (Å²) >= 11 is 6.09.